The second kappa shape index (κ2) is 8.78. The lowest BCUT2D eigenvalue weighted by atomic mass is 10.0. The second-order valence-electron chi connectivity index (χ2n) is 6.55. The average Bonchev–Trinajstić information content (AvgIpc) is 3.09. The smallest absolute Gasteiger partial charge is 0.345 e. The van der Waals surface area contributed by atoms with Crippen molar-refractivity contribution in [3.05, 3.63) is 60.2 Å². The molecule has 0 unspecified atom stereocenters. The number of para-hydroxylation sites is 1. The van der Waals surface area contributed by atoms with Crippen molar-refractivity contribution in [2.75, 3.05) is 0 Å². The summed E-state index contributed by atoms with van der Waals surface area (Å²) in [4.78, 5) is 0. The van der Waals surface area contributed by atoms with Crippen LogP contribution in [0.25, 0.3) is 5.69 Å². The molecule has 0 spiro atoms. The predicted octanol–water partition coefficient (Wildman–Crippen LogP) is 0.737. The maximum Gasteiger partial charge on any atom is 0.345 e. The Morgan fingerprint density at radius 1 is 1.08 bits per heavy atom. The first-order valence-corrected chi connectivity index (χ1v) is 8.43. The van der Waals surface area contributed by atoms with Gasteiger partial charge in [-0.05, 0) is 60.5 Å². The Kier molecular flexibility index (Phi) is 6.71. The largest absolute Gasteiger partial charge is 1.00 e. The van der Waals surface area contributed by atoms with Gasteiger partial charge in [-0.2, -0.15) is 4.68 Å². The Labute approximate surface area is 160 Å². The van der Waals surface area contributed by atoms with Crippen LogP contribution < -0.4 is 22.5 Å². The number of ether oxygens (including phenoxy) is 1. The van der Waals surface area contributed by atoms with E-state index in [2.05, 4.69) is 47.7 Å². The summed E-state index contributed by atoms with van der Waals surface area (Å²) < 4.78 is 7.48. The van der Waals surface area contributed by atoms with Crippen LogP contribution in [0.4, 0.5) is 0 Å². The summed E-state index contributed by atoms with van der Waals surface area (Å²) in [6.45, 7) is 7.35. The summed E-state index contributed by atoms with van der Waals surface area (Å²) >= 11 is 0. The third kappa shape index (κ3) is 5.03. The molecule has 1 N–H and O–H groups in total. The average molecular weight is 373 g/mol. The highest BCUT2D eigenvalue weighted by molar-refractivity contribution is 5.34. The zero-order chi connectivity index (χ0) is 17.7. The minimum atomic E-state index is 0. The van der Waals surface area contributed by atoms with E-state index in [4.69, 9.17) is 4.74 Å². The Morgan fingerprint density at radius 3 is 2.58 bits per heavy atom. The van der Waals surface area contributed by atoms with Gasteiger partial charge in [-0.25, -0.2) is 0 Å². The highest BCUT2D eigenvalue weighted by Crippen LogP contribution is 2.22. The fourth-order valence-electron chi connectivity index (χ4n) is 2.26. The van der Waals surface area contributed by atoms with Gasteiger partial charge in [0, 0.05) is 12.1 Å². The number of aromatic nitrogens is 4. The molecule has 2 aromatic carbocycles. The van der Waals surface area contributed by atoms with Gasteiger partial charge in [0.15, 0.2) is 0 Å². The Bertz CT molecular complexity index is 820. The molecule has 0 aliphatic carbocycles. The maximum absolute atomic E-state index is 5.90. The topological polar surface area (TPSA) is 64.9 Å². The Morgan fingerprint density at radius 2 is 1.85 bits per heavy atom. The molecular formula is C19H23ClN5O-. The number of nitrogens with zero attached hydrogens (tertiary/aromatic N) is 4. The zero-order valence-electron chi connectivity index (χ0n) is 15.2. The molecule has 0 saturated heterocycles. The molecule has 7 heteroatoms. The van der Waals surface area contributed by atoms with Gasteiger partial charge < -0.3 is 22.5 Å². The molecule has 26 heavy (non-hydrogen) atoms. The van der Waals surface area contributed by atoms with Crippen molar-refractivity contribution < 1.29 is 17.1 Å². The first-order valence-electron chi connectivity index (χ1n) is 8.43. The normalized spacial score (nSPS) is 11.0. The minimum absolute atomic E-state index is 0. The molecule has 6 nitrogen and oxygen atoms in total. The van der Waals surface area contributed by atoms with Gasteiger partial charge in [-0.3, -0.25) is 0 Å². The van der Waals surface area contributed by atoms with E-state index in [-0.39, 0.29) is 17.9 Å². The fraction of sp³-hybridized carbons (Fsp3) is 0.316. The molecule has 0 saturated carbocycles. The third-order valence-electron chi connectivity index (χ3n) is 4.20. The van der Waals surface area contributed by atoms with Gasteiger partial charge in [0.1, 0.15) is 5.75 Å². The van der Waals surface area contributed by atoms with Crippen LogP contribution in [0.1, 0.15) is 32.8 Å². The van der Waals surface area contributed by atoms with Crippen molar-refractivity contribution in [3.63, 3.8) is 0 Å². The molecule has 0 radical (unpaired) electrons. The first kappa shape index (κ1) is 19.9. The van der Waals surface area contributed by atoms with Crippen LogP contribution in [0.15, 0.2) is 54.6 Å². The highest BCUT2D eigenvalue weighted by Gasteiger charge is 2.14. The lowest BCUT2D eigenvalue weighted by molar-refractivity contribution is -0.00000648. The monoisotopic (exact) mass is 372 g/mol. The second-order valence-corrected chi connectivity index (χ2v) is 6.55. The molecule has 0 atom stereocenters. The predicted molar refractivity (Wildman–Crippen MR) is 96.9 cm³/mol. The zero-order valence-corrected chi connectivity index (χ0v) is 15.9. The Hall–Kier alpha value is -2.44. The van der Waals surface area contributed by atoms with Crippen molar-refractivity contribution >= 4 is 0 Å². The van der Waals surface area contributed by atoms with Gasteiger partial charge in [0.05, 0.1) is 5.69 Å². The highest BCUT2D eigenvalue weighted by atomic mass is 35.5. The summed E-state index contributed by atoms with van der Waals surface area (Å²) in [5.41, 5.74) is 2.11. The lowest BCUT2D eigenvalue weighted by Gasteiger charge is -2.24. The van der Waals surface area contributed by atoms with E-state index in [9.17, 15) is 0 Å². The fourth-order valence-corrected chi connectivity index (χ4v) is 2.26. The molecule has 1 aromatic heterocycles. The number of tetrazole rings is 1. The van der Waals surface area contributed by atoms with Crippen LogP contribution in [0.2, 0.25) is 0 Å². The number of hydrogen-bond donors (Lipinski definition) is 1. The summed E-state index contributed by atoms with van der Waals surface area (Å²) in [5.74, 6) is 0.709. The number of halogens is 1. The lowest BCUT2D eigenvalue weighted by Crippen LogP contribution is -3.00. The van der Waals surface area contributed by atoms with Crippen LogP contribution in [-0.4, -0.2) is 25.7 Å². The number of rotatable bonds is 7. The Balaban J connectivity index is 0.00000243. The van der Waals surface area contributed by atoms with E-state index in [1.54, 1.807) is 4.68 Å². The first-order chi connectivity index (χ1) is 12.1. The van der Waals surface area contributed by atoms with Crippen molar-refractivity contribution in [3.8, 4) is 17.4 Å². The van der Waals surface area contributed by atoms with E-state index >= 15 is 0 Å². The summed E-state index contributed by atoms with van der Waals surface area (Å²) in [7, 11) is 0. The van der Waals surface area contributed by atoms with Crippen LogP contribution in [0.3, 0.4) is 0 Å². The van der Waals surface area contributed by atoms with Gasteiger partial charge in [0.25, 0.3) is 0 Å². The molecule has 0 bridgehead atoms. The summed E-state index contributed by atoms with van der Waals surface area (Å²) in [6.07, 6.45) is 1.06. The van der Waals surface area contributed by atoms with Gasteiger partial charge in [0.2, 0.25) is 0 Å². The molecule has 0 fully saturated rings. The number of hydrogen-bond acceptors (Lipinski definition) is 5. The van der Waals surface area contributed by atoms with E-state index < -0.39 is 0 Å². The molecular weight excluding hydrogens is 350 g/mol. The molecule has 138 valence electrons. The molecule has 3 rings (SSSR count). The van der Waals surface area contributed by atoms with Crippen LogP contribution in [0.5, 0.6) is 11.8 Å². The standard InChI is InChI=1S/C19H23N5O.ClH/c1-4-19(2,3)20-14-15-9-8-12-17(13-15)25-18-21-22-23-24(18)16-10-6-5-7-11-16;/h5-13,20H,4,14H2,1-3H3;1H/p-1. The number of benzene rings is 2. The molecule has 0 amide bonds. The SMILES string of the molecule is CCC(C)(C)NCc1cccc(Oc2nnnn2-c2ccccc2)c1.[Cl-]. The van der Waals surface area contributed by atoms with Crippen LogP contribution in [0, 0.1) is 0 Å². The van der Waals surface area contributed by atoms with Crippen molar-refractivity contribution in [1.29, 1.82) is 0 Å². The van der Waals surface area contributed by atoms with E-state index in [1.807, 2.05) is 48.5 Å². The van der Waals surface area contributed by atoms with E-state index in [0.717, 1.165) is 24.2 Å². The van der Waals surface area contributed by atoms with Gasteiger partial charge in [-0.15, -0.1) is 0 Å². The van der Waals surface area contributed by atoms with Crippen molar-refractivity contribution in [2.24, 2.45) is 0 Å². The van der Waals surface area contributed by atoms with Crippen molar-refractivity contribution in [2.45, 2.75) is 39.3 Å². The summed E-state index contributed by atoms with van der Waals surface area (Å²) in [6, 6.07) is 18.0. The summed E-state index contributed by atoms with van der Waals surface area (Å²) in [5, 5.41) is 15.3. The molecule has 3 aromatic rings. The van der Waals surface area contributed by atoms with Crippen LogP contribution in [-0.2, 0) is 6.54 Å². The van der Waals surface area contributed by atoms with Gasteiger partial charge >= 0.3 is 6.01 Å². The maximum atomic E-state index is 5.90. The number of nitrogens with one attached hydrogen (secondary N) is 1. The van der Waals surface area contributed by atoms with Crippen molar-refractivity contribution in [1.82, 2.24) is 25.5 Å². The van der Waals surface area contributed by atoms with E-state index in [0.29, 0.717) is 11.8 Å². The molecule has 0 aliphatic heterocycles. The van der Waals surface area contributed by atoms with Crippen LogP contribution >= 0.6 is 0 Å². The minimum Gasteiger partial charge on any atom is -1.00 e. The van der Waals surface area contributed by atoms with E-state index in [1.165, 1.54) is 0 Å². The molecule has 0 aliphatic rings. The molecule has 1 heterocycles. The third-order valence-corrected chi connectivity index (χ3v) is 4.20. The van der Waals surface area contributed by atoms with Gasteiger partial charge in [-0.1, -0.05) is 42.4 Å². The quantitative estimate of drug-likeness (QED) is 0.662.